The van der Waals surface area contributed by atoms with E-state index in [1.54, 1.807) is 6.92 Å². The van der Waals surface area contributed by atoms with Gasteiger partial charge in [0.2, 0.25) is 40.1 Å². The molecule has 4 aliphatic rings. The van der Waals surface area contributed by atoms with E-state index in [1.807, 2.05) is 30.2 Å². The molecule has 40 nitrogen and oxygen atoms in total. The number of aromatic nitrogens is 16. The normalized spacial score (nSPS) is 23.0. The first-order valence-electron chi connectivity index (χ1n) is 67.8. The van der Waals surface area contributed by atoms with Gasteiger partial charge in [-0.25, -0.2) is 72.5 Å². The highest BCUT2D eigenvalue weighted by Gasteiger charge is 2.32. The molecule has 16 rings (SSSR count). The Morgan fingerprint density at radius 3 is 0.917 bits per heavy atom. The van der Waals surface area contributed by atoms with E-state index in [4.69, 9.17) is 77.9 Å². The molecule has 44 heteroatoms. The maximum absolute atomic E-state index is 13.5. The number of hydrogen-bond acceptors (Lipinski definition) is 28. The highest BCUT2D eigenvalue weighted by Crippen LogP contribution is 2.38. The molecule has 4 aromatic carbocycles. The van der Waals surface area contributed by atoms with Crippen LogP contribution in [0.1, 0.15) is 265 Å². The maximum Gasteiger partial charge on any atom is 0.277 e. The van der Waals surface area contributed by atoms with E-state index in [-0.39, 0.29) is 160 Å². The summed E-state index contributed by atoms with van der Waals surface area (Å²) in [6, 6.07) is 12.1. The molecule has 0 bridgehead atoms. The maximum atomic E-state index is 13.5. The smallest absolute Gasteiger partial charge is 0.277 e. The summed E-state index contributed by atoms with van der Waals surface area (Å²) in [7, 11) is -17.8. The van der Waals surface area contributed by atoms with Crippen molar-refractivity contribution in [2.75, 3.05) is 107 Å². The second-order valence-corrected chi connectivity index (χ2v) is 40.3. The van der Waals surface area contributed by atoms with Crippen LogP contribution < -0.4 is 60.1 Å². The van der Waals surface area contributed by atoms with Crippen molar-refractivity contribution in [2.45, 2.75) is 253 Å². The van der Waals surface area contributed by atoms with Crippen molar-refractivity contribution < 1.29 is 112 Å². The fourth-order valence-corrected chi connectivity index (χ4v) is 20.0. The van der Waals surface area contributed by atoms with Crippen molar-refractivity contribution in [1.82, 2.24) is 117 Å². The number of aromatic amines is 4. The van der Waals surface area contributed by atoms with Gasteiger partial charge in [-0.1, -0.05) is 80.9 Å². The Morgan fingerprint density at radius 2 is 0.632 bits per heavy atom. The van der Waals surface area contributed by atoms with E-state index >= 15 is 0 Å². The van der Waals surface area contributed by atoms with Crippen molar-refractivity contribution >= 4 is 84.2 Å². The molecule has 4 saturated heterocycles. The minimum atomic E-state index is -4.66. The van der Waals surface area contributed by atoms with Crippen LogP contribution in [-0.4, -0.2) is 263 Å². The summed E-state index contributed by atoms with van der Waals surface area (Å²) in [5, 5.41) is 15.3. The fourth-order valence-electron chi connectivity index (χ4n) is 16.1. The molecule has 0 amide bonds. The second kappa shape index (κ2) is 49.9. The molecule has 4 aliphatic heterocycles. The lowest BCUT2D eigenvalue weighted by Crippen LogP contribution is -2.31. The fraction of sp³-hybridized carbons (Fsp3) is 0.560. The number of sulfonamides is 4. The van der Waals surface area contributed by atoms with Crippen LogP contribution >= 0.6 is 0 Å². The van der Waals surface area contributed by atoms with E-state index < -0.39 is 285 Å². The number of aryl methyl sites for hydroxylation is 8. The van der Waals surface area contributed by atoms with Gasteiger partial charge in [-0.2, -0.15) is 20.4 Å². The van der Waals surface area contributed by atoms with Crippen molar-refractivity contribution in [2.24, 2.45) is 27.9 Å². The first-order chi connectivity index (χ1) is 85.4. The Balaban J connectivity index is 0.000000202. The molecular formula is C100H144N24O16S4. The van der Waals surface area contributed by atoms with Crippen LogP contribution in [0.5, 0.6) is 23.0 Å². The summed E-state index contributed by atoms with van der Waals surface area (Å²) in [6.45, 7) is -15.1. The van der Waals surface area contributed by atoms with Gasteiger partial charge in [0.05, 0.1) is 91.0 Å². The Hall–Kier alpha value is -11.0. The standard InChI is InChI=1S/4C25H36N6O4S/c4*1-5-8-20-22-23(31(4)29-20)25(32)28-24(27-22)19-16-18(10-11-21(19)35-15-6-2)36(33,34)26-13-12-17-9-7-14-30(17)3/h4*10-11,16-17,26H,5-9,12-15H2,1-4H3,(H,27,28,32)/i3D3,4D3,5D2,8D2,13D2;3D3,4D3,5D2,8D2,13D;3D3,4D3,5D2,13D2;3D3,4D3,5D2,8D2. The number of fused-ring (bicyclic) bond motifs is 4. The molecule has 0 saturated carbocycles. The molecule has 0 aliphatic carbocycles. The number of likely N-dealkylation sites (tertiary alicyclic amines) is 4. The number of rotatable bonds is 44. The molecule has 144 heavy (non-hydrogen) atoms. The van der Waals surface area contributed by atoms with Crippen LogP contribution in [0.3, 0.4) is 0 Å². The quantitative estimate of drug-likeness (QED) is 0.0176. The van der Waals surface area contributed by atoms with Crippen LogP contribution in [0.15, 0.2) is 112 Å². The number of hydrogen-bond donors (Lipinski definition) is 8. The first kappa shape index (κ1) is 65.5. The molecule has 12 aromatic rings. The predicted octanol–water partition coefficient (Wildman–Crippen LogP) is 11.3. The minimum absolute atomic E-state index is 0.0131. The number of nitrogens with zero attached hydrogens (tertiary/aromatic N) is 16. The van der Waals surface area contributed by atoms with Crippen LogP contribution in [-0.2, 0) is 93.5 Å². The monoisotopic (exact) mass is 2110 g/mol. The van der Waals surface area contributed by atoms with Crippen LogP contribution in [0.25, 0.3) is 89.7 Å². The zero-order chi connectivity index (χ0) is 140. The van der Waals surface area contributed by atoms with Crippen molar-refractivity contribution in [3.63, 3.8) is 0 Å². The van der Waals surface area contributed by atoms with Gasteiger partial charge in [0.1, 0.15) is 68.4 Å². The summed E-state index contributed by atoms with van der Waals surface area (Å²) in [5.74, 6) is -0.942. The topological polar surface area (TPSA) is 489 Å². The molecular weight excluding hydrogens is 1920 g/mol. The lowest BCUT2D eigenvalue weighted by Gasteiger charge is -2.19. The lowest BCUT2D eigenvalue weighted by atomic mass is 10.1. The van der Waals surface area contributed by atoms with E-state index in [1.165, 1.54) is 70.2 Å². The van der Waals surface area contributed by atoms with E-state index in [9.17, 15) is 52.8 Å². The Kier molecular flexibility index (Phi) is 22.7. The molecule has 8 aromatic heterocycles. The van der Waals surface area contributed by atoms with Gasteiger partial charge >= 0.3 is 0 Å². The molecule has 0 radical (unpaired) electrons. The van der Waals surface area contributed by atoms with Crippen LogP contribution in [0.4, 0.5) is 0 Å². The molecule has 12 heterocycles. The van der Waals surface area contributed by atoms with Crippen LogP contribution in [0, 0.1) is 0 Å². The summed E-state index contributed by atoms with van der Waals surface area (Å²) < 4.78 is 484. The largest absolute Gasteiger partial charge is 0.493 e. The number of H-pyrrole nitrogens is 4. The predicted molar refractivity (Wildman–Crippen MR) is 559 cm³/mol. The second-order valence-electron chi connectivity index (χ2n) is 33.4. The van der Waals surface area contributed by atoms with Gasteiger partial charge in [-0.05, 0) is 255 Å². The third-order valence-corrected chi connectivity index (χ3v) is 28.6. The molecule has 5 unspecified atom stereocenters. The molecule has 784 valence electrons. The highest BCUT2D eigenvalue weighted by atomic mass is 32.2. The van der Waals surface area contributed by atoms with Gasteiger partial charge in [-0.15, -0.1) is 0 Å². The average Bonchev–Trinajstić information content (AvgIpc) is 1.58. The highest BCUT2D eigenvalue weighted by molar-refractivity contribution is 7.90. The summed E-state index contributed by atoms with van der Waals surface area (Å²) in [4.78, 5) is 83.9. The average molecular weight is 2110 g/mol. The minimum Gasteiger partial charge on any atom is -0.493 e. The van der Waals surface area contributed by atoms with Gasteiger partial charge in [0.25, 0.3) is 22.2 Å². The van der Waals surface area contributed by atoms with Crippen molar-refractivity contribution in [3.8, 4) is 68.5 Å². The molecule has 8 N–H and O–H groups in total. The number of benzene rings is 4. The Bertz CT molecular complexity index is 9190. The van der Waals surface area contributed by atoms with Gasteiger partial charge in [-0.3, -0.25) is 37.9 Å². The van der Waals surface area contributed by atoms with E-state index in [0.29, 0.717) is 104 Å². The zero-order valence-electron chi connectivity index (χ0n) is 123. The Morgan fingerprint density at radius 1 is 0.354 bits per heavy atom. The molecule has 5 atom stereocenters. The lowest BCUT2D eigenvalue weighted by molar-refractivity contribution is 0.297. The van der Waals surface area contributed by atoms with E-state index in [2.05, 4.69) is 69.7 Å². The first-order valence-corrected chi connectivity index (χ1v) is 52.2. The third kappa shape index (κ3) is 26.5. The molecule has 0 spiro atoms. The van der Waals surface area contributed by atoms with Gasteiger partial charge in [0.15, 0.2) is 22.1 Å². The zero-order valence-corrected chi connectivity index (χ0v) is 83.3. The van der Waals surface area contributed by atoms with Crippen molar-refractivity contribution in [3.05, 3.63) is 137 Å². The number of ether oxygens (including phenoxy) is 4. The Labute approximate surface area is 903 Å². The van der Waals surface area contributed by atoms with Gasteiger partial charge in [0, 0.05) is 137 Å². The number of nitrogens with one attached hydrogen (secondary N) is 8. The van der Waals surface area contributed by atoms with E-state index in [0.717, 1.165) is 49.9 Å². The summed E-state index contributed by atoms with van der Waals surface area (Å²) in [5.41, 5.74) is -11.0. The van der Waals surface area contributed by atoms with Crippen molar-refractivity contribution in [1.29, 1.82) is 0 Å². The third-order valence-electron chi connectivity index (χ3n) is 23.2. The molecule has 4 fully saturated rings. The summed E-state index contributed by atoms with van der Waals surface area (Å²) >= 11 is 0. The summed E-state index contributed by atoms with van der Waals surface area (Å²) in [6.07, 6.45) is -13.1. The van der Waals surface area contributed by atoms with Crippen LogP contribution in [0.2, 0.25) is 0 Å². The van der Waals surface area contributed by atoms with Gasteiger partial charge < -0.3 is 58.5 Å². The SMILES string of the molecule is [2H]C(CC1CCCN1C([2H])([2H])[2H])NS(=O)(=O)c1ccc(OCCC)c(-c2nc3c(C([2H])([2H])C([2H])([2H])C)nn(C([2H])([2H])[2H])c3c(=O)[nH]2)c1.[2H]C([2H])(C)Cc1nn(C([2H])([2H])[2H])c2c(=O)[nH]c(-c3cc(S(=O)(=O)NC([2H])([2H])CC4CCCN4C([2H])([2H])[2H])ccc3OCCC)nc12.[2H]C([2H])(CC1CCCN1C([2H])([2H])[2H])NS(=O)(=O)c1ccc(OCCC)c(-c2nc3c(C([2H])([2H])C([2H])([2H])C)nn(C([2H])([2H])[2H])c3c(=O)[nH]2)c1.[2H]C([2H])([2H])N1CCCC1CCNS(=O)(=O)c1ccc(OCCC)c(-c2nc3c(C([2H])([2H])C([2H])([2H])C)nn(C([2H])([2H])[2H])c3c(=O)[nH]2)c1.